The monoisotopic (exact) mass is 357 g/mol. The molecule has 2 rings (SSSR count). The van der Waals surface area contributed by atoms with E-state index in [1.165, 1.54) is 18.9 Å². The van der Waals surface area contributed by atoms with E-state index in [4.69, 9.17) is 4.74 Å². The van der Waals surface area contributed by atoms with Crippen molar-refractivity contribution in [3.63, 3.8) is 0 Å². The van der Waals surface area contributed by atoms with Crippen LogP contribution in [-0.4, -0.2) is 25.3 Å². The summed E-state index contributed by atoms with van der Waals surface area (Å²) in [6.45, 7) is 5.93. The summed E-state index contributed by atoms with van der Waals surface area (Å²) in [5.74, 6) is 0.567. The number of halogens is 2. The third-order valence-electron chi connectivity index (χ3n) is 4.11. The lowest BCUT2D eigenvalue weighted by Crippen LogP contribution is -2.39. The van der Waals surface area contributed by atoms with Crippen molar-refractivity contribution in [2.75, 3.05) is 13.2 Å². The molecule has 0 bridgehead atoms. The minimum Gasteiger partial charge on any atom is -0.378 e. The average Bonchev–Trinajstić information content (AvgIpc) is 2.35. The highest BCUT2D eigenvalue weighted by Crippen LogP contribution is 2.34. The van der Waals surface area contributed by atoms with E-state index in [-0.39, 0.29) is 5.82 Å². The van der Waals surface area contributed by atoms with Gasteiger partial charge in [0.2, 0.25) is 0 Å². The van der Waals surface area contributed by atoms with Crippen molar-refractivity contribution in [2.45, 2.75) is 51.7 Å². The first kappa shape index (κ1) is 16.9. The second-order valence-corrected chi connectivity index (χ2v) is 6.80. The molecule has 1 aromatic carbocycles. The summed E-state index contributed by atoms with van der Waals surface area (Å²) in [5, 5.41) is 3.54. The van der Waals surface area contributed by atoms with Crippen LogP contribution in [-0.2, 0) is 11.2 Å². The Hall–Kier alpha value is -0.450. The Balaban J connectivity index is 1.87. The molecule has 0 saturated heterocycles. The Morgan fingerprint density at radius 1 is 1.33 bits per heavy atom. The maximum Gasteiger partial charge on any atom is 0.124 e. The van der Waals surface area contributed by atoms with Crippen LogP contribution in [0, 0.1) is 11.7 Å². The molecular weight excluding hydrogens is 333 g/mol. The first-order valence-electron chi connectivity index (χ1n) is 7.90. The minimum absolute atomic E-state index is 0.172. The SMILES string of the molecule is CCNC(Cc1cc(F)cc(Br)c1)CC1CC(OCC)C1. The average molecular weight is 358 g/mol. The molecule has 1 aliphatic rings. The van der Waals surface area contributed by atoms with Crippen LogP contribution in [0.15, 0.2) is 22.7 Å². The molecule has 1 atom stereocenters. The smallest absolute Gasteiger partial charge is 0.124 e. The first-order chi connectivity index (χ1) is 10.1. The fourth-order valence-corrected chi connectivity index (χ4v) is 3.69. The zero-order valence-corrected chi connectivity index (χ0v) is 14.5. The van der Waals surface area contributed by atoms with Crippen LogP contribution in [0.4, 0.5) is 4.39 Å². The molecule has 0 radical (unpaired) electrons. The Morgan fingerprint density at radius 3 is 2.71 bits per heavy atom. The Morgan fingerprint density at radius 2 is 2.10 bits per heavy atom. The van der Waals surface area contributed by atoms with Crippen molar-refractivity contribution in [2.24, 2.45) is 5.92 Å². The second kappa shape index (κ2) is 8.25. The molecule has 4 heteroatoms. The van der Waals surface area contributed by atoms with Gasteiger partial charge in [-0.2, -0.15) is 0 Å². The molecule has 1 N–H and O–H groups in total. The van der Waals surface area contributed by atoms with Crippen LogP contribution in [0.1, 0.15) is 38.7 Å². The molecule has 2 nitrogen and oxygen atoms in total. The van der Waals surface area contributed by atoms with Gasteiger partial charge in [0.1, 0.15) is 5.82 Å². The van der Waals surface area contributed by atoms with Crippen molar-refractivity contribution in [3.05, 3.63) is 34.1 Å². The lowest BCUT2D eigenvalue weighted by molar-refractivity contribution is -0.0289. The molecule has 1 fully saturated rings. The fraction of sp³-hybridized carbons (Fsp3) is 0.647. The van der Waals surface area contributed by atoms with Crippen LogP contribution in [0.2, 0.25) is 0 Å². The zero-order valence-electron chi connectivity index (χ0n) is 12.9. The van der Waals surface area contributed by atoms with Gasteiger partial charge in [-0.05, 0) is 68.8 Å². The van der Waals surface area contributed by atoms with E-state index < -0.39 is 0 Å². The molecule has 0 aliphatic heterocycles. The molecule has 0 heterocycles. The number of rotatable bonds is 8. The maximum absolute atomic E-state index is 13.5. The maximum atomic E-state index is 13.5. The summed E-state index contributed by atoms with van der Waals surface area (Å²) in [6, 6.07) is 5.57. The van der Waals surface area contributed by atoms with Crippen molar-refractivity contribution in [1.29, 1.82) is 0 Å². The van der Waals surface area contributed by atoms with Gasteiger partial charge in [0.05, 0.1) is 6.10 Å². The minimum atomic E-state index is -0.172. The van der Waals surface area contributed by atoms with Gasteiger partial charge in [0.15, 0.2) is 0 Å². The summed E-state index contributed by atoms with van der Waals surface area (Å²) >= 11 is 3.37. The Kier molecular flexibility index (Phi) is 6.65. The molecule has 0 spiro atoms. The summed E-state index contributed by atoms with van der Waals surface area (Å²) in [5.41, 5.74) is 1.05. The highest BCUT2D eigenvalue weighted by molar-refractivity contribution is 9.10. The number of likely N-dealkylation sites (N-methyl/N-ethyl adjacent to an activating group) is 1. The van der Waals surface area contributed by atoms with Crippen LogP contribution in [0.5, 0.6) is 0 Å². The van der Waals surface area contributed by atoms with E-state index in [1.807, 2.05) is 6.07 Å². The van der Waals surface area contributed by atoms with Crippen LogP contribution in [0.25, 0.3) is 0 Å². The van der Waals surface area contributed by atoms with E-state index in [1.54, 1.807) is 6.07 Å². The van der Waals surface area contributed by atoms with E-state index in [2.05, 4.69) is 35.1 Å². The number of ether oxygens (including phenoxy) is 1. The van der Waals surface area contributed by atoms with Crippen LogP contribution in [0.3, 0.4) is 0 Å². The highest BCUT2D eigenvalue weighted by atomic mass is 79.9. The van der Waals surface area contributed by atoms with Gasteiger partial charge in [-0.25, -0.2) is 4.39 Å². The Bertz CT molecular complexity index is 428. The van der Waals surface area contributed by atoms with Gasteiger partial charge < -0.3 is 10.1 Å². The molecule has 1 unspecified atom stereocenters. The van der Waals surface area contributed by atoms with Gasteiger partial charge >= 0.3 is 0 Å². The Labute approximate surface area is 135 Å². The summed E-state index contributed by atoms with van der Waals surface area (Å²) < 4.78 is 19.9. The molecule has 1 saturated carbocycles. The van der Waals surface area contributed by atoms with E-state index in [0.29, 0.717) is 12.1 Å². The van der Waals surface area contributed by atoms with Crippen molar-refractivity contribution < 1.29 is 9.13 Å². The quantitative estimate of drug-likeness (QED) is 0.748. The molecule has 118 valence electrons. The molecule has 1 aromatic rings. The molecular formula is C17H25BrFNO. The first-order valence-corrected chi connectivity index (χ1v) is 8.70. The lowest BCUT2D eigenvalue weighted by atomic mass is 9.77. The number of nitrogens with one attached hydrogen (secondary N) is 1. The lowest BCUT2D eigenvalue weighted by Gasteiger charge is -2.37. The number of hydrogen-bond donors (Lipinski definition) is 1. The van der Waals surface area contributed by atoms with Gasteiger partial charge in [0.25, 0.3) is 0 Å². The largest absolute Gasteiger partial charge is 0.378 e. The van der Waals surface area contributed by atoms with Crippen molar-refractivity contribution >= 4 is 15.9 Å². The van der Waals surface area contributed by atoms with Crippen molar-refractivity contribution in [1.82, 2.24) is 5.32 Å². The topological polar surface area (TPSA) is 21.3 Å². The van der Waals surface area contributed by atoms with E-state index >= 15 is 0 Å². The third-order valence-corrected chi connectivity index (χ3v) is 4.57. The predicted octanol–water partition coefficient (Wildman–Crippen LogP) is 4.31. The molecule has 21 heavy (non-hydrogen) atoms. The normalized spacial score (nSPS) is 22.9. The summed E-state index contributed by atoms with van der Waals surface area (Å²) in [4.78, 5) is 0. The van der Waals surface area contributed by atoms with Gasteiger partial charge in [-0.15, -0.1) is 0 Å². The summed E-state index contributed by atoms with van der Waals surface area (Å²) in [6.07, 6.45) is 4.82. The molecule has 1 aliphatic carbocycles. The zero-order chi connectivity index (χ0) is 15.2. The third kappa shape index (κ3) is 5.35. The number of hydrogen-bond acceptors (Lipinski definition) is 2. The summed E-state index contributed by atoms with van der Waals surface area (Å²) in [7, 11) is 0. The highest BCUT2D eigenvalue weighted by Gasteiger charge is 2.31. The fourth-order valence-electron chi connectivity index (χ4n) is 3.18. The van der Waals surface area contributed by atoms with E-state index in [9.17, 15) is 4.39 Å². The predicted molar refractivity (Wildman–Crippen MR) is 88.0 cm³/mol. The van der Waals surface area contributed by atoms with Gasteiger partial charge in [-0.1, -0.05) is 22.9 Å². The standard InChI is InChI=1S/C17H25BrFNO/c1-3-20-16(8-13-9-17(10-13)21-4-2)7-12-5-14(18)11-15(19)6-12/h5-6,11,13,16-17,20H,3-4,7-10H2,1-2H3. The van der Waals surface area contributed by atoms with E-state index in [0.717, 1.165) is 41.9 Å². The van der Waals surface area contributed by atoms with Gasteiger partial charge in [-0.3, -0.25) is 0 Å². The van der Waals surface area contributed by atoms with Crippen LogP contribution < -0.4 is 5.32 Å². The van der Waals surface area contributed by atoms with Crippen LogP contribution >= 0.6 is 15.9 Å². The molecule has 0 amide bonds. The molecule has 0 aromatic heterocycles. The number of benzene rings is 1. The second-order valence-electron chi connectivity index (χ2n) is 5.89. The van der Waals surface area contributed by atoms with Gasteiger partial charge in [0, 0.05) is 17.1 Å². The van der Waals surface area contributed by atoms with Crippen molar-refractivity contribution in [3.8, 4) is 0 Å².